The zero-order valence-electron chi connectivity index (χ0n) is 14.2. The number of aromatic nitrogens is 4. The lowest BCUT2D eigenvalue weighted by Crippen LogP contribution is -2.31. The number of pyridine rings is 1. The summed E-state index contributed by atoms with van der Waals surface area (Å²) in [6, 6.07) is 15.5. The maximum atomic E-state index is 8.99. The van der Waals surface area contributed by atoms with Crippen molar-refractivity contribution in [1.29, 1.82) is 5.26 Å². The van der Waals surface area contributed by atoms with Crippen LogP contribution in [0.5, 0.6) is 0 Å². The molecule has 0 aliphatic heterocycles. The molecule has 0 saturated heterocycles. The SMILES string of the molecule is N#Cc1cccc(-c2cnc(NCC3CCC3c3ccccn3)nn2)c1. The summed E-state index contributed by atoms with van der Waals surface area (Å²) in [5.74, 6) is 1.57. The Hall–Kier alpha value is -3.33. The van der Waals surface area contributed by atoms with Gasteiger partial charge in [-0.25, -0.2) is 4.98 Å². The summed E-state index contributed by atoms with van der Waals surface area (Å²) in [5, 5.41) is 20.7. The van der Waals surface area contributed by atoms with Gasteiger partial charge in [-0.1, -0.05) is 18.2 Å². The molecule has 1 aliphatic rings. The molecule has 6 heteroatoms. The molecule has 1 fully saturated rings. The first-order valence-corrected chi connectivity index (χ1v) is 8.68. The third-order valence-corrected chi connectivity index (χ3v) is 4.86. The predicted molar refractivity (Wildman–Crippen MR) is 98.2 cm³/mol. The van der Waals surface area contributed by atoms with Gasteiger partial charge in [-0.05, 0) is 43.0 Å². The van der Waals surface area contributed by atoms with E-state index in [0.29, 0.717) is 29.0 Å². The van der Waals surface area contributed by atoms with Crippen LogP contribution in [0.15, 0.2) is 54.9 Å². The molecule has 6 nitrogen and oxygen atoms in total. The molecule has 0 spiro atoms. The van der Waals surface area contributed by atoms with Gasteiger partial charge in [0, 0.05) is 29.9 Å². The fourth-order valence-electron chi connectivity index (χ4n) is 3.26. The Kier molecular flexibility index (Phi) is 4.52. The van der Waals surface area contributed by atoms with Crippen molar-refractivity contribution in [3.05, 3.63) is 66.1 Å². The lowest BCUT2D eigenvalue weighted by molar-refractivity contribution is 0.264. The Morgan fingerprint density at radius 1 is 1.08 bits per heavy atom. The Morgan fingerprint density at radius 2 is 2.04 bits per heavy atom. The van der Waals surface area contributed by atoms with Crippen LogP contribution in [0, 0.1) is 17.2 Å². The van der Waals surface area contributed by atoms with E-state index in [-0.39, 0.29) is 0 Å². The van der Waals surface area contributed by atoms with Gasteiger partial charge in [0.25, 0.3) is 0 Å². The summed E-state index contributed by atoms with van der Waals surface area (Å²) in [6.45, 7) is 0.812. The molecule has 2 heterocycles. The van der Waals surface area contributed by atoms with Crippen molar-refractivity contribution in [3.63, 3.8) is 0 Å². The maximum Gasteiger partial charge on any atom is 0.242 e. The van der Waals surface area contributed by atoms with Gasteiger partial charge in [0.2, 0.25) is 5.95 Å². The van der Waals surface area contributed by atoms with Crippen molar-refractivity contribution in [1.82, 2.24) is 20.2 Å². The number of hydrogen-bond acceptors (Lipinski definition) is 6. The van der Waals surface area contributed by atoms with E-state index in [1.807, 2.05) is 30.5 Å². The van der Waals surface area contributed by atoms with Gasteiger partial charge in [-0.2, -0.15) is 5.26 Å². The third kappa shape index (κ3) is 3.38. The van der Waals surface area contributed by atoms with Crippen LogP contribution >= 0.6 is 0 Å². The lowest BCUT2D eigenvalue weighted by atomic mass is 9.71. The minimum Gasteiger partial charge on any atom is -0.353 e. The molecule has 1 saturated carbocycles. The smallest absolute Gasteiger partial charge is 0.242 e. The summed E-state index contributed by atoms with van der Waals surface area (Å²) in [5.41, 5.74) is 3.25. The average molecular weight is 342 g/mol. The van der Waals surface area contributed by atoms with E-state index in [0.717, 1.165) is 17.8 Å². The second-order valence-corrected chi connectivity index (χ2v) is 6.44. The van der Waals surface area contributed by atoms with Crippen LogP contribution in [-0.4, -0.2) is 26.7 Å². The zero-order chi connectivity index (χ0) is 17.8. The van der Waals surface area contributed by atoms with Gasteiger partial charge in [-0.15, -0.1) is 10.2 Å². The summed E-state index contributed by atoms with van der Waals surface area (Å²) in [6.07, 6.45) is 5.89. The number of rotatable bonds is 5. The van der Waals surface area contributed by atoms with E-state index in [4.69, 9.17) is 5.26 Å². The predicted octanol–water partition coefficient (Wildman–Crippen LogP) is 3.41. The van der Waals surface area contributed by atoms with Crippen LogP contribution in [-0.2, 0) is 0 Å². The summed E-state index contributed by atoms with van der Waals surface area (Å²) >= 11 is 0. The molecular weight excluding hydrogens is 324 g/mol. The standard InChI is InChI=1S/C20H18N6/c21-11-14-4-3-5-15(10-14)19-13-24-20(26-25-19)23-12-16-7-8-17(16)18-6-1-2-9-22-18/h1-6,9-10,13,16-17H,7-8,12H2,(H,23,24,26). The van der Waals surface area contributed by atoms with Gasteiger partial charge in [-0.3, -0.25) is 4.98 Å². The maximum absolute atomic E-state index is 8.99. The normalized spacial score (nSPS) is 18.6. The molecule has 2 atom stereocenters. The van der Waals surface area contributed by atoms with Crippen molar-refractivity contribution in [2.24, 2.45) is 5.92 Å². The Bertz CT molecular complexity index is 917. The fourth-order valence-corrected chi connectivity index (χ4v) is 3.26. The highest BCUT2D eigenvalue weighted by Gasteiger charge is 2.32. The van der Waals surface area contributed by atoms with Crippen LogP contribution in [0.1, 0.15) is 30.0 Å². The van der Waals surface area contributed by atoms with Crippen LogP contribution in [0.25, 0.3) is 11.3 Å². The number of anilines is 1. The molecule has 128 valence electrons. The van der Waals surface area contributed by atoms with E-state index in [1.54, 1.807) is 18.3 Å². The first-order chi connectivity index (χ1) is 12.8. The Morgan fingerprint density at radius 3 is 2.73 bits per heavy atom. The van der Waals surface area contributed by atoms with E-state index in [2.05, 4.69) is 37.6 Å². The number of benzene rings is 1. The van der Waals surface area contributed by atoms with Gasteiger partial charge in [0.1, 0.15) is 5.69 Å². The summed E-state index contributed by atoms with van der Waals surface area (Å²) in [7, 11) is 0. The fraction of sp³-hybridized carbons (Fsp3) is 0.250. The van der Waals surface area contributed by atoms with Gasteiger partial charge in [0.15, 0.2) is 0 Å². The molecule has 26 heavy (non-hydrogen) atoms. The van der Waals surface area contributed by atoms with Crippen LogP contribution < -0.4 is 5.32 Å². The van der Waals surface area contributed by atoms with Gasteiger partial charge >= 0.3 is 0 Å². The highest BCUT2D eigenvalue weighted by atomic mass is 15.2. The molecule has 4 rings (SSSR count). The molecular formula is C20H18N6. The van der Waals surface area contributed by atoms with Gasteiger partial charge in [0.05, 0.1) is 17.8 Å². The average Bonchev–Trinajstić information content (AvgIpc) is 2.69. The lowest BCUT2D eigenvalue weighted by Gasteiger charge is -2.36. The van der Waals surface area contributed by atoms with Crippen LogP contribution in [0.3, 0.4) is 0 Å². The second-order valence-electron chi connectivity index (χ2n) is 6.44. The third-order valence-electron chi connectivity index (χ3n) is 4.86. The van der Waals surface area contributed by atoms with Crippen LogP contribution in [0.4, 0.5) is 5.95 Å². The summed E-state index contributed by atoms with van der Waals surface area (Å²) in [4.78, 5) is 8.83. The van der Waals surface area contributed by atoms with E-state index < -0.39 is 0 Å². The van der Waals surface area contributed by atoms with E-state index >= 15 is 0 Å². The molecule has 1 N–H and O–H groups in total. The molecule has 0 amide bonds. The van der Waals surface area contributed by atoms with Crippen molar-refractivity contribution in [2.45, 2.75) is 18.8 Å². The molecule has 1 aromatic carbocycles. The Balaban J connectivity index is 1.38. The number of nitrogens with zero attached hydrogens (tertiary/aromatic N) is 5. The highest BCUT2D eigenvalue weighted by Crippen LogP contribution is 2.41. The topological polar surface area (TPSA) is 87.4 Å². The molecule has 2 unspecified atom stereocenters. The molecule has 0 bridgehead atoms. The van der Waals surface area contributed by atoms with Crippen molar-refractivity contribution in [2.75, 3.05) is 11.9 Å². The monoisotopic (exact) mass is 342 g/mol. The van der Waals surface area contributed by atoms with Crippen molar-refractivity contribution in [3.8, 4) is 17.3 Å². The molecule has 0 radical (unpaired) electrons. The Labute approximate surface area is 152 Å². The first-order valence-electron chi connectivity index (χ1n) is 8.68. The van der Waals surface area contributed by atoms with Crippen molar-refractivity contribution < 1.29 is 0 Å². The minimum absolute atomic E-state index is 0.504. The zero-order valence-corrected chi connectivity index (χ0v) is 14.2. The number of nitrogens with one attached hydrogen (secondary N) is 1. The van der Waals surface area contributed by atoms with Gasteiger partial charge < -0.3 is 5.32 Å². The molecule has 3 aromatic rings. The quantitative estimate of drug-likeness (QED) is 0.764. The van der Waals surface area contributed by atoms with Crippen molar-refractivity contribution >= 4 is 5.95 Å². The second kappa shape index (κ2) is 7.28. The highest BCUT2D eigenvalue weighted by molar-refractivity contribution is 5.60. The van der Waals surface area contributed by atoms with Crippen LogP contribution in [0.2, 0.25) is 0 Å². The number of hydrogen-bond donors (Lipinski definition) is 1. The molecule has 2 aromatic heterocycles. The minimum atomic E-state index is 0.504. The number of nitriles is 1. The van der Waals surface area contributed by atoms with E-state index in [9.17, 15) is 0 Å². The van der Waals surface area contributed by atoms with E-state index in [1.165, 1.54) is 12.8 Å². The molecule has 1 aliphatic carbocycles. The summed E-state index contributed by atoms with van der Waals surface area (Å²) < 4.78 is 0. The largest absolute Gasteiger partial charge is 0.353 e. The first kappa shape index (κ1) is 16.2.